The van der Waals surface area contributed by atoms with E-state index < -0.39 is 0 Å². The zero-order valence-electron chi connectivity index (χ0n) is 13.5. The minimum Gasteiger partial charge on any atom is -0.383 e. The highest BCUT2D eigenvalue weighted by Gasteiger charge is 2.05. The second-order valence-corrected chi connectivity index (χ2v) is 6.15. The van der Waals surface area contributed by atoms with Crippen LogP contribution in [0, 0.1) is 0 Å². The van der Waals surface area contributed by atoms with Crippen molar-refractivity contribution < 1.29 is 9.53 Å². The Labute approximate surface area is 149 Å². The number of hydrogen-bond acceptors (Lipinski definition) is 4. The first kappa shape index (κ1) is 18.4. The Morgan fingerprint density at radius 1 is 1.25 bits per heavy atom. The number of ether oxygens (including phenoxy) is 1. The van der Waals surface area contributed by atoms with E-state index in [1.165, 1.54) is 10.7 Å². The Morgan fingerprint density at radius 2 is 2.00 bits per heavy atom. The van der Waals surface area contributed by atoms with Gasteiger partial charge in [0.2, 0.25) is 5.91 Å². The molecular weight excluding hydrogens is 374 g/mol. The van der Waals surface area contributed by atoms with Gasteiger partial charge in [0, 0.05) is 42.7 Å². The molecule has 1 amide bonds. The first-order chi connectivity index (χ1) is 11.6. The van der Waals surface area contributed by atoms with Crippen molar-refractivity contribution in [1.29, 1.82) is 0 Å². The van der Waals surface area contributed by atoms with Crippen LogP contribution in [0.3, 0.4) is 0 Å². The zero-order chi connectivity index (χ0) is 17.4. The van der Waals surface area contributed by atoms with Crippen LogP contribution in [-0.2, 0) is 16.1 Å². The number of aryl methyl sites for hydroxylation is 1. The normalized spacial score (nSPS) is 10.6. The number of hydrogen-bond donors (Lipinski definition) is 1. The van der Waals surface area contributed by atoms with Gasteiger partial charge in [-0.1, -0.05) is 28.1 Å². The Kier molecular flexibility index (Phi) is 7.14. The fraction of sp³-hybridized carbons (Fsp3) is 0.353. The summed E-state index contributed by atoms with van der Waals surface area (Å²) in [6.07, 6.45) is 0.899. The number of amides is 1. The van der Waals surface area contributed by atoms with E-state index in [1.807, 2.05) is 24.3 Å². The van der Waals surface area contributed by atoms with Gasteiger partial charge < -0.3 is 10.1 Å². The van der Waals surface area contributed by atoms with Crippen molar-refractivity contribution >= 4 is 21.8 Å². The number of carbonyl (C=O) groups excluding carboxylic acids is 1. The summed E-state index contributed by atoms with van der Waals surface area (Å²) in [6, 6.07) is 10.9. The Balaban J connectivity index is 1.95. The number of methoxy groups -OCH3 is 1. The quantitative estimate of drug-likeness (QED) is 0.697. The molecule has 1 aromatic carbocycles. The Morgan fingerprint density at radius 3 is 2.71 bits per heavy atom. The molecule has 24 heavy (non-hydrogen) atoms. The van der Waals surface area contributed by atoms with Crippen molar-refractivity contribution in [2.45, 2.75) is 19.4 Å². The van der Waals surface area contributed by atoms with Crippen LogP contribution >= 0.6 is 15.9 Å². The smallest absolute Gasteiger partial charge is 0.266 e. The molecule has 0 bridgehead atoms. The molecule has 0 atom stereocenters. The molecule has 0 aliphatic heterocycles. The lowest BCUT2D eigenvalue weighted by molar-refractivity contribution is -0.121. The lowest BCUT2D eigenvalue weighted by Crippen LogP contribution is -2.28. The molecule has 128 valence electrons. The van der Waals surface area contributed by atoms with Gasteiger partial charge in [-0.2, -0.15) is 5.10 Å². The van der Waals surface area contributed by atoms with Crippen LogP contribution in [0.25, 0.3) is 11.3 Å². The van der Waals surface area contributed by atoms with Gasteiger partial charge in [0.1, 0.15) is 0 Å². The van der Waals surface area contributed by atoms with E-state index in [4.69, 9.17) is 4.74 Å². The maximum atomic E-state index is 11.9. The molecule has 0 aliphatic carbocycles. The summed E-state index contributed by atoms with van der Waals surface area (Å²) < 4.78 is 7.26. The molecule has 0 spiro atoms. The van der Waals surface area contributed by atoms with Crippen molar-refractivity contribution in [1.82, 2.24) is 15.1 Å². The summed E-state index contributed by atoms with van der Waals surface area (Å²) in [5.41, 5.74) is 1.49. The Bertz CT molecular complexity index is 729. The van der Waals surface area contributed by atoms with E-state index in [9.17, 15) is 9.59 Å². The van der Waals surface area contributed by atoms with Crippen LogP contribution in [0.5, 0.6) is 0 Å². The fourth-order valence-corrected chi connectivity index (χ4v) is 2.42. The molecule has 1 heterocycles. The number of nitrogens with zero attached hydrogens (tertiary/aromatic N) is 2. The second-order valence-electron chi connectivity index (χ2n) is 5.23. The van der Waals surface area contributed by atoms with Gasteiger partial charge in [-0.3, -0.25) is 9.59 Å². The van der Waals surface area contributed by atoms with Crippen molar-refractivity contribution in [2.24, 2.45) is 0 Å². The highest BCUT2D eigenvalue weighted by atomic mass is 79.9. The van der Waals surface area contributed by atoms with Crippen molar-refractivity contribution in [3.63, 3.8) is 0 Å². The molecule has 6 nitrogen and oxygen atoms in total. The lowest BCUT2D eigenvalue weighted by Gasteiger charge is -2.08. The fourth-order valence-electron chi connectivity index (χ4n) is 2.15. The summed E-state index contributed by atoms with van der Waals surface area (Å²) in [6.45, 7) is 1.38. The van der Waals surface area contributed by atoms with Crippen molar-refractivity contribution in [2.75, 3.05) is 20.3 Å². The molecule has 1 aromatic heterocycles. The number of rotatable bonds is 8. The van der Waals surface area contributed by atoms with Crippen LogP contribution in [-0.4, -0.2) is 35.9 Å². The van der Waals surface area contributed by atoms with Gasteiger partial charge in [-0.15, -0.1) is 0 Å². The Hall–Kier alpha value is -1.99. The van der Waals surface area contributed by atoms with E-state index in [1.54, 1.807) is 13.2 Å². The van der Waals surface area contributed by atoms with Gasteiger partial charge in [-0.05, 0) is 24.6 Å². The van der Waals surface area contributed by atoms with Crippen LogP contribution in [0.1, 0.15) is 12.8 Å². The van der Waals surface area contributed by atoms with Crippen LogP contribution in [0.15, 0.2) is 45.7 Å². The van der Waals surface area contributed by atoms with E-state index in [2.05, 4.69) is 26.3 Å². The van der Waals surface area contributed by atoms with Crippen LogP contribution < -0.4 is 10.9 Å². The monoisotopic (exact) mass is 393 g/mol. The molecule has 0 fully saturated rings. The second kappa shape index (κ2) is 9.34. The summed E-state index contributed by atoms with van der Waals surface area (Å²) in [5, 5.41) is 7.13. The SMILES string of the molecule is COCCNC(=O)CCCn1nc(-c2ccc(Br)cc2)ccc1=O. The first-order valence-corrected chi connectivity index (χ1v) is 8.49. The zero-order valence-corrected chi connectivity index (χ0v) is 15.1. The third-order valence-electron chi connectivity index (χ3n) is 3.41. The van der Waals surface area contributed by atoms with Gasteiger partial charge in [-0.25, -0.2) is 4.68 Å². The predicted octanol–water partition coefficient (Wildman–Crippen LogP) is 2.22. The standard InChI is InChI=1S/C17H20BrN3O3/c1-24-12-10-19-16(22)3-2-11-21-17(23)9-8-15(20-21)13-4-6-14(18)7-5-13/h4-9H,2-3,10-12H2,1H3,(H,19,22). The summed E-state index contributed by atoms with van der Waals surface area (Å²) in [5.74, 6) is -0.0517. The summed E-state index contributed by atoms with van der Waals surface area (Å²) in [4.78, 5) is 23.6. The number of aromatic nitrogens is 2. The summed E-state index contributed by atoms with van der Waals surface area (Å²) in [7, 11) is 1.59. The molecule has 2 aromatic rings. The van der Waals surface area contributed by atoms with Crippen molar-refractivity contribution in [3.8, 4) is 11.3 Å². The third kappa shape index (κ3) is 5.58. The molecule has 0 radical (unpaired) electrons. The molecule has 0 saturated carbocycles. The highest BCUT2D eigenvalue weighted by Crippen LogP contribution is 2.18. The maximum absolute atomic E-state index is 11.9. The average molecular weight is 394 g/mol. The van der Waals surface area contributed by atoms with Crippen molar-refractivity contribution in [3.05, 3.63) is 51.2 Å². The summed E-state index contributed by atoms with van der Waals surface area (Å²) >= 11 is 3.39. The van der Waals surface area contributed by atoms with E-state index in [0.29, 0.717) is 32.5 Å². The molecule has 7 heteroatoms. The van der Waals surface area contributed by atoms with Gasteiger partial charge >= 0.3 is 0 Å². The molecule has 0 unspecified atom stereocenters. The minimum absolute atomic E-state index is 0.0517. The first-order valence-electron chi connectivity index (χ1n) is 7.70. The number of carbonyl (C=O) groups is 1. The lowest BCUT2D eigenvalue weighted by atomic mass is 10.1. The average Bonchev–Trinajstić information content (AvgIpc) is 2.57. The van der Waals surface area contributed by atoms with Crippen LogP contribution in [0.2, 0.25) is 0 Å². The largest absolute Gasteiger partial charge is 0.383 e. The van der Waals surface area contributed by atoms with Crippen LogP contribution in [0.4, 0.5) is 0 Å². The highest BCUT2D eigenvalue weighted by molar-refractivity contribution is 9.10. The molecule has 2 rings (SSSR count). The molecule has 1 N–H and O–H groups in total. The number of nitrogens with one attached hydrogen (secondary N) is 1. The van der Waals surface area contributed by atoms with E-state index >= 15 is 0 Å². The van der Waals surface area contributed by atoms with E-state index in [-0.39, 0.29) is 11.5 Å². The molecule has 0 aliphatic rings. The van der Waals surface area contributed by atoms with E-state index in [0.717, 1.165) is 15.7 Å². The predicted molar refractivity (Wildman–Crippen MR) is 95.8 cm³/mol. The van der Waals surface area contributed by atoms with Gasteiger partial charge in [0.05, 0.1) is 12.3 Å². The number of benzene rings is 1. The number of halogens is 1. The minimum atomic E-state index is -0.171. The molecular formula is C17H20BrN3O3. The topological polar surface area (TPSA) is 73.2 Å². The maximum Gasteiger partial charge on any atom is 0.266 e. The molecule has 0 saturated heterocycles. The third-order valence-corrected chi connectivity index (χ3v) is 3.94. The van der Waals surface area contributed by atoms with Gasteiger partial charge in [0.25, 0.3) is 5.56 Å². The van der Waals surface area contributed by atoms with Gasteiger partial charge in [0.15, 0.2) is 0 Å².